The van der Waals surface area contributed by atoms with Gasteiger partial charge in [0.2, 0.25) is 10.0 Å². The second kappa shape index (κ2) is 5.38. The summed E-state index contributed by atoms with van der Waals surface area (Å²) in [5, 5.41) is 3.20. The van der Waals surface area contributed by atoms with Crippen LogP contribution in [0.3, 0.4) is 0 Å². The van der Waals surface area contributed by atoms with Crippen molar-refractivity contribution in [1.29, 1.82) is 0 Å². The van der Waals surface area contributed by atoms with E-state index in [-0.39, 0.29) is 4.90 Å². The van der Waals surface area contributed by atoms with Crippen LogP contribution in [0.2, 0.25) is 0 Å². The van der Waals surface area contributed by atoms with Crippen molar-refractivity contribution in [2.75, 3.05) is 11.9 Å². The molecule has 0 fully saturated rings. The lowest BCUT2D eigenvalue weighted by Crippen LogP contribution is -2.38. The van der Waals surface area contributed by atoms with Crippen LogP contribution in [0.4, 0.5) is 5.69 Å². The molecule has 1 aliphatic rings. The average molecular weight is 304 g/mol. The molecule has 0 spiro atoms. The summed E-state index contributed by atoms with van der Waals surface area (Å²) in [4.78, 5) is 0.259. The number of hydrogen-bond acceptors (Lipinski definition) is 4. The summed E-state index contributed by atoms with van der Waals surface area (Å²) in [7, 11) is -3.54. The lowest BCUT2D eigenvalue weighted by atomic mass is 10.1. The van der Waals surface area contributed by atoms with E-state index in [9.17, 15) is 8.42 Å². The first-order valence-corrected chi connectivity index (χ1v) is 8.20. The smallest absolute Gasteiger partial charge is 0.244 e. The summed E-state index contributed by atoms with van der Waals surface area (Å²) in [5.74, 6) is 0.666. The maximum absolute atomic E-state index is 12.3. The van der Waals surface area contributed by atoms with Gasteiger partial charge in [0.1, 0.15) is 16.8 Å². The van der Waals surface area contributed by atoms with E-state index in [2.05, 4.69) is 10.0 Å². The standard InChI is InChI=1S/C15H16N2O3S/c1-2-20-13-9-5-3-7-11(13)15-16-12-8-4-6-10-14(12)21(18,19)17-15/h3-10,15-17H,2H2,1H3. The highest BCUT2D eigenvalue weighted by Crippen LogP contribution is 2.34. The third kappa shape index (κ3) is 2.59. The molecule has 5 nitrogen and oxygen atoms in total. The van der Waals surface area contributed by atoms with Crippen LogP contribution in [-0.4, -0.2) is 15.0 Å². The van der Waals surface area contributed by atoms with Gasteiger partial charge in [-0.2, -0.15) is 4.72 Å². The first kappa shape index (κ1) is 13.9. The van der Waals surface area contributed by atoms with Gasteiger partial charge in [0.05, 0.1) is 12.3 Å². The third-order valence-electron chi connectivity index (χ3n) is 3.28. The number of hydrogen-bond donors (Lipinski definition) is 2. The Morgan fingerprint density at radius 2 is 1.81 bits per heavy atom. The zero-order chi connectivity index (χ0) is 14.9. The van der Waals surface area contributed by atoms with E-state index in [1.54, 1.807) is 24.3 Å². The van der Waals surface area contributed by atoms with Gasteiger partial charge in [0, 0.05) is 5.56 Å². The molecular formula is C15H16N2O3S. The van der Waals surface area contributed by atoms with Crippen LogP contribution in [0.25, 0.3) is 0 Å². The van der Waals surface area contributed by atoms with E-state index in [4.69, 9.17) is 4.74 Å². The fourth-order valence-electron chi connectivity index (χ4n) is 2.37. The molecule has 0 amide bonds. The topological polar surface area (TPSA) is 67.4 Å². The van der Waals surface area contributed by atoms with Crippen LogP contribution in [0.5, 0.6) is 5.75 Å². The van der Waals surface area contributed by atoms with Crippen LogP contribution >= 0.6 is 0 Å². The molecule has 0 aliphatic carbocycles. The number of nitrogens with one attached hydrogen (secondary N) is 2. The van der Waals surface area contributed by atoms with Crippen LogP contribution < -0.4 is 14.8 Å². The molecule has 6 heteroatoms. The van der Waals surface area contributed by atoms with Gasteiger partial charge in [0.25, 0.3) is 0 Å². The highest BCUT2D eigenvalue weighted by molar-refractivity contribution is 7.89. The molecule has 1 atom stereocenters. The number of anilines is 1. The molecule has 1 heterocycles. The summed E-state index contributed by atoms with van der Waals surface area (Å²) in [6.07, 6.45) is -0.548. The van der Waals surface area contributed by atoms with E-state index >= 15 is 0 Å². The van der Waals surface area contributed by atoms with Gasteiger partial charge in [-0.15, -0.1) is 0 Å². The molecule has 1 aliphatic heterocycles. The van der Waals surface area contributed by atoms with E-state index < -0.39 is 16.2 Å². The highest BCUT2D eigenvalue weighted by atomic mass is 32.2. The minimum absolute atomic E-state index is 0.259. The first-order valence-electron chi connectivity index (χ1n) is 6.71. The van der Waals surface area contributed by atoms with Crippen LogP contribution in [0.1, 0.15) is 18.7 Å². The van der Waals surface area contributed by atoms with Crippen molar-refractivity contribution in [3.05, 3.63) is 54.1 Å². The van der Waals surface area contributed by atoms with E-state index in [1.807, 2.05) is 31.2 Å². The zero-order valence-electron chi connectivity index (χ0n) is 11.5. The van der Waals surface area contributed by atoms with Crippen molar-refractivity contribution in [1.82, 2.24) is 4.72 Å². The molecular weight excluding hydrogens is 288 g/mol. The van der Waals surface area contributed by atoms with E-state index in [0.29, 0.717) is 18.0 Å². The van der Waals surface area contributed by atoms with Gasteiger partial charge in [-0.25, -0.2) is 8.42 Å². The predicted molar refractivity (Wildman–Crippen MR) is 80.7 cm³/mol. The molecule has 2 N–H and O–H groups in total. The summed E-state index contributed by atoms with van der Waals surface area (Å²) < 4.78 is 32.9. The lowest BCUT2D eigenvalue weighted by molar-refractivity contribution is 0.334. The Balaban J connectivity index is 2.04. The van der Waals surface area contributed by atoms with Gasteiger partial charge in [0.15, 0.2) is 0 Å². The summed E-state index contributed by atoms with van der Waals surface area (Å²) in [6.45, 7) is 2.41. The SMILES string of the molecule is CCOc1ccccc1C1Nc2ccccc2S(=O)(=O)N1. The quantitative estimate of drug-likeness (QED) is 0.914. The Labute approximate surface area is 124 Å². The molecule has 0 aromatic heterocycles. The van der Waals surface area contributed by atoms with E-state index in [0.717, 1.165) is 5.56 Å². The molecule has 0 radical (unpaired) electrons. The monoisotopic (exact) mass is 304 g/mol. The summed E-state index contributed by atoms with van der Waals surface area (Å²) >= 11 is 0. The van der Waals surface area contributed by atoms with Gasteiger partial charge in [-0.3, -0.25) is 0 Å². The van der Waals surface area contributed by atoms with Crippen molar-refractivity contribution < 1.29 is 13.2 Å². The van der Waals surface area contributed by atoms with Crippen molar-refractivity contribution in [2.45, 2.75) is 18.0 Å². The molecule has 0 bridgehead atoms. The van der Waals surface area contributed by atoms with Crippen LogP contribution in [0, 0.1) is 0 Å². The van der Waals surface area contributed by atoms with Gasteiger partial charge in [-0.1, -0.05) is 30.3 Å². The predicted octanol–water partition coefficient (Wildman–Crippen LogP) is 2.49. The van der Waals surface area contributed by atoms with E-state index in [1.165, 1.54) is 0 Å². The van der Waals surface area contributed by atoms with Gasteiger partial charge < -0.3 is 10.1 Å². The third-order valence-corrected chi connectivity index (χ3v) is 4.76. The minimum Gasteiger partial charge on any atom is -0.493 e. The van der Waals surface area contributed by atoms with Crippen molar-refractivity contribution in [2.24, 2.45) is 0 Å². The summed E-state index contributed by atoms with van der Waals surface area (Å²) in [5.41, 5.74) is 1.35. The normalized spacial score (nSPS) is 19.4. The van der Waals surface area contributed by atoms with Crippen molar-refractivity contribution >= 4 is 15.7 Å². The Morgan fingerprint density at radius 3 is 2.62 bits per heavy atom. The maximum Gasteiger partial charge on any atom is 0.244 e. The number of fused-ring (bicyclic) bond motifs is 1. The number of ether oxygens (including phenoxy) is 1. The fraction of sp³-hybridized carbons (Fsp3) is 0.200. The first-order chi connectivity index (χ1) is 10.1. The minimum atomic E-state index is -3.54. The Morgan fingerprint density at radius 1 is 1.10 bits per heavy atom. The van der Waals surface area contributed by atoms with Crippen molar-refractivity contribution in [3.8, 4) is 5.75 Å². The molecule has 21 heavy (non-hydrogen) atoms. The van der Waals surface area contributed by atoms with Crippen molar-refractivity contribution in [3.63, 3.8) is 0 Å². The Kier molecular flexibility index (Phi) is 3.57. The lowest BCUT2D eigenvalue weighted by Gasteiger charge is -2.29. The molecule has 1 unspecified atom stereocenters. The average Bonchev–Trinajstić information content (AvgIpc) is 2.47. The number of rotatable bonds is 3. The highest BCUT2D eigenvalue weighted by Gasteiger charge is 2.30. The van der Waals surface area contributed by atoms with Crippen LogP contribution in [-0.2, 0) is 10.0 Å². The number of para-hydroxylation sites is 2. The second-order valence-electron chi connectivity index (χ2n) is 4.67. The zero-order valence-corrected chi connectivity index (χ0v) is 12.4. The molecule has 0 saturated heterocycles. The molecule has 3 rings (SSSR count). The number of benzene rings is 2. The molecule has 0 saturated carbocycles. The Bertz CT molecular complexity index is 759. The summed E-state index contributed by atoms with van der Waals surface area (Å²) in [6, 6.07) is 14.2. The molecule has 2 aromatic rings. The molecule has 2 aromatic carbocycles. The Hall–Kier alpha value is -2.05. The maximum atomic E-state index is 12.3. The second-order valence-corrected chi connectivity index (χ2v) is 6.35. The van der Waals surface area contributed by atoms with Gasteiger partial charge in [-0.05, 0) is 25.1 Å². The largest absolute Gasteiger partial charge is 0.493 e. The van der Waals surface area contributed by atoms with Gasteiger partial charge >= 0.3 is 0 Å². The van der Waals surface area contributed by atoms with Crippen LogP contribution in [0.15, 0.2) is 53.4 Å². The fourth-order valence-corrected chi connectivity index (χ4v) is 3.67. The molecule has 110 valence electrons. The number of sulfonamides is 1.